The predicted octanol–water partition coefficient (Wildman–Crippen LogP) is 1.23. The molecule has 1 N–H and O–H groups in total. The van der Waals surface area contributed by atoms with E-state index in [1.807, 2.05) is 19.9 Å². The number of hydrogen-bond donors (Lipinski definition) is 1. The lowest BCUT2D eigenvalue weighted by atomic mass is 10.1. The summed E-state index contributed by atoms with van der Waals surface area (Å²) in [6, 6.07) is 5.36. The van der Waals surface area contributed by atoms with Crippen molar-refractivity contribution in [3.05, 3.63) is 23.8 Å². The molecule has 0 saturated heterocycles. The van der Waals surface area contributed by atoms with E-state index < -0.39 is 0 Å². The summed E-state index contributed by atoms with van der Waals surface area (Å²) < 4.78 is 10.4. The summed E-state index contributed by atoms with van der Waals surface area (Å²) in [4.78, 5) is 25.5. The minimum absolute atomic E-state index is 0.0798. The van der Waals surface area contributed by atoms with Crippen molar-refractivity contribution in [2.75, 3.05) is 33.9 Å². The average Bonchev–Trinajstić information content (AvgIpc) is 2.52. The smallest absolute Gasteiger partial charge is 0.239 e. The third-order valence-corrected chi connectivity index (χ3v) is 3.25. The van der Waals surface area contributed by atoms with E-state index in [2.05, 4.69) is 5.32 Å². The molecule has 0 radical (unpaired) electrons. The van der Waals surface area contributed by atoms with Gasteiger partial charge in [-0.25, -0.2) is 0 Å². The predicted molar refractivity (Wildman–Crippen MR) is 84.2 cm³/mol. The van der Waals surface area contributed by atoms with E-state index in [9.17, 15) is 9.59 Å². The van der Waals surface area contributed by atoms with Crippen LogP contribution >= 0.6 is 0 Å². The number of carbonyl (C=O) groups excluding carboxylic acids is 2. The minimum atomic E-state index is -0.148. The summed E-state index contributed by atoms with van der Waals surface area (Å²) in [5, 5.41) is 2.69. The molecule has 0 bridgehead atoms. The van der Waals surface area contributed by atoms with Gasteiger partial charge in [0.15, 0.2) is 11.5 Å². The summed E-state index contributed by atoms with van der Waals surface area (Å²) in [5.41, 5.74) is 0.817. The van der Waals surface area contributed by atoms with Gasteiger partial charge in [-0.05, 0) is 31.5 Å². The number of methoxy groups -OCH3 is 2. The highest BCUT2D eigenvalue weighted by Gasteiger charge is 2.16. The highest BCUT2D eigenvalue weighted by molar-refractivity contribution is 5.85. The van der Waals surface area contributed by atoms with E-state index in [0.717, 1.165) is 5.56 Å². The van der Waals surface area contributed by atoms with Crippen LogP contribution in [0, 0.1) is 0 Å². The maximum absolute atomic E-state index is 12.3. The zero-order valence-electron chi connectivity index (χ0n) is 13.6. The Kier molecular flexibility index (Phi) is 7.22. The van der Waals surface area contributed by atoms with Crippen LogP contribution in [0.4, 0.5) is 0 Å². The normalized spacial score (nSPS) is 10.0. The van der Waals surface area contributed by atoms with Crippen molar-refractivity contribution >= 4 is 11.8 Å². The van der Waals surface area contributed by atoms with Crippen LogP contribution in [0.25, 0.3) is 0 Å². The molecule has 1 aromatic carbocycles. The van der Waals surface area contributed by atoms with Gasteiger partial charge in [-0.3, -0.25) is 9.59 Å². The number of likely N-dealkylation sites (N-methyl/N-ethyl adjacent to an activating group) is 2. The van der Waals surface area contributed by atoms with Crippen LogP contribution in [-0.2, 0) is 16.0 Å². The van der Waals surface area contributed by atoms with E-state index >= 15 is 0 Å². The fourth-order valence-electron chi connectivity index (χ4n) is 2.08. The zero-order chi connectivity index (χ0) is 16.5. The van der Waals surface area contributed by atoms with Crippen molar-refractivity contribution in [3.63, 3.8) is 0 Å². The van der Waals surface area contributed by atoms with Gasteiger partial charge >= 0.3 is 0 Å². The molecule has 0 fully saturated rings. The number of hydrogen-bond acceptors (Lipinski definition) is 4. The molecule has 0 aliphatic rings. The molecular weight excluding hydrogens is 284 g/mol. The molecule has 0 aromatic heterocycles. The van der Waals surface area contributed by atoms with Crippen molar-refractivity contribution in [3.8, 4) is 11.5 Å². The molecule has 0 unspecified atom stereocenters. The van der Waals surface area contributed by atoms with Crippen LogP contribution in [0.15, 0.2) is 18.2 Å². The third kappa shape index (κ3) is 4.95. The largest absolute Gasteiger partial charge is 0.493 e. The van der Waals surface area contributed by atoms with Gasteiger partial charge in [-0.15, -0.1) is 0 Å². The Balaban J connectivity index is 2.75. The second kappa shape index (κ2) is 8.92. The Bertz CT molecular complexity index is 517. The molecule has 0 saturated carbocycles. The Morgan fingerprint density at radius 2 is 1.82 bits per heavy atom. The van der Waals surface area contributed by atoms with Gasteiger partial charge in [0.25, 0.3) is 0 Å². The maximum Gasteiger partial charge on any atom is 0.239 e. The van der Waals surface area contributed by atoms with Crippen LogP contribution in [0.3, 0.4) is 0 Å². The van der Waals surface area contributed by atoms with Crippen LogP contribution in [-0.4, -0.2) is 50.6 Å². The quantitative estimate of drug-likeness (QED) is 0.784. The van der Waals surface area contributed by atoms with Gasteiger partial charge in [-0.1, -0.05) is 6.07 Å². The fourth-order valence-corrected chi connectivity index (χ4v) is 2.08. The van der Waals surface area contributed by atoms with Gasteiger partial charge in [0.1, 0.15) is 0 Å². The van der Waals surface area contributed by atoms with Crippen molar-refractivity contribution in [2.24, 2.45) is 0 Å². The Hall–Kier alpha value is -2.24. The van der Waals surface area contributed by atoms with E-state index in [1.54, 1.807) is 26.4 Å². The minimum Gasteiger partial charge on any atom is -0.493 e. The third-order valence-electron chi connectivity index (χ3n) is 3.25. The highest BCUT2D eigenvalue weighted by Crippen LogP contribution is 2.27. The molecule has 6 nitrogen and oxygen atoms in total. The molecule has 0 heterocycles. The summed E-state index contributed by atoms with van der Waals surface area (Å²) in [7, 11) is 3.12. The molecule has 122 valence electrons. The first-order chi connectivity index (χ1) is 10.5. The standard InChI is InChI=1S/C16H24N2O4/c1-5-17-15(19)11-18(6-2)16(20)10-12-7-8-13(21-3)14(9-12)22-4/h7-9H,5-6,10-11H2,1-4H3,(H,17,19). The first-order valence-electron chi connectivity index (χ1n) is 7.31. The molecule has 6 heteroatoms. The van der Waals surface area contributed by atoms with Gasteiger partial charge in [0.2, 0.25) is 11.8 Å². The number of nitrogens with zero attached hydrogens (tertiary/aromatic N) is 1. The van der Waals surface area contributed by atoms with Crippen LogP contribution in [0.1, 0.15) is 19.4 Å². The first-order valence-corrected chi connectivity index (χ1v) is 7.31. The first kappa shape index (κ1) is 17.8. The summed E-state index contributed by atoms with van der Waals surface area (Å²) >= 11 is 0. The van der Waals surface area contributed by atoms with E-state index in [1.165, 1.54) is 4.90 Å². The molecule has 1 aromatic rings. The second-order valence-corrected chi connectivity index (χ2v) is 4.73. The second-order valence-electron chi connectivity index (χ2n) is 4.73. The lowest BCUT2D eigenvalue weighted by molar-refractivity contribution is -0.135. The van der Waals surface area contributed by atoms with E-state index in [-0.39, 0.29) is 24.8 Å². The van der Waals surface area contributed by atoms with Crippen molar-refractivity contribution in [1.82, 2.24) is 10.2 Å². The lowest BCUT2D eigenvalue weighted by Crippen LogP contribution is -2.41. The van der Waals surface area contributed by atoms with E-state index in [4.69, 9.17) is 9.47 Å². The molecule has 22 heavy (non-hydrogen) atoms. The van der Waals surface area contributed by atoms with Gasteiger partial charge in [0.05, 0.1) is 27.2 Å². The van der Waals surface area contributed by atoms with Crippen molar-refractivity contribution in [1.29, 1.82) is 0 Å². The Labute approximate surface area is 131 Å². The number of nitrogens with one attached hydrogen (secondary N) is 1. The monoisotopic (exact) mass is 308 g/mol. The SMILES string of the molecule is CCNC(=O)CN(CC)C(=O)Cc1ccc(OC)c(OC)c1. The van der Waals surface area contributed by atoms with Crippen LogP contribution < -0.4 is 14.8 Å². The molecule has 0 atom stereocenters. The van der Waals surface area contributed by atoms with Crippen LogP contribution in [0.5, 0.6) is 11.5 Å². The number of ether oxygens (including phenoxy) is 2. The number of carbonyl (C=O) groups is 2. The van der Waals surface area contributed by atoms with Crippen LogP contribution in [0.2, 0.25) is 0 Å². The van der Waals surface area contributed by atoms with Gasteiger partial charge < -0.3 is 19.7 Å². The molecule has 0 aliphatic carbocycles. The maximum atomic E-state index is 12.3. The lowest BCUT2D eigenvalue weighted by Gasteiger charge is -2.20. The van der Waals surface area contributed by atoms with Crippen molar-refractivity contribution < 1.29 is 19.1 Å². The molecule has 0 spiro atoms. The van der Waals surface area contributed by atoms with Gasteiger partial charge in [-0.2, -0.15) is 0 Å². The number of amides is 2. The molecular formula is C16H24N2O4. The molecule has 2 amide bonds. The Morgan fingerprint density at radius 1 is 1.14 bits per heavy atom. The van der Waals surface area contributed by atoms with Gasteiger partial charge in [0, 0.05) is 13.1 Å². The molecule has 0 aliphatic heterocycles. The average molecular weight is 308 g/mol. The number of rotatable bonds is 8. The summed E-state index contributed by atoms with van der Waals surface area (Å²) in [6.45, 7) is 4.82. The highest BCUT2D eigenvalue weighted by atomic mass is 16.5. The molecule has 1 rings (SSSR count). The Morgan fingerprint density at radius 3 is 2.36 bits per heavy atom. The zero-order valence-corrected chi connectivity index (χ0v) is 13.6. The summed E-state index contributed by atoms with van der Waals surface area (Å²) in [6.07, 6.45) is 0.216. The number of benzene rings is 1. The summed E-state index contributed by atoms with van der Waals surface area (Å²) in [5.74, 6) is 0.957. The van der Waals surface area contributed by atoms with Crippen molar-refractivity contribution in [2.45, 2.75) is 20.3 Å². The fraction of sp³-hybridized carbons (Fsp3) is 0.500. The van der Waals surface area contributed by atoms with E-state index in [0.29, 0.717) is 24.6 Å². The topological polar surface area (TPSA) is 67.9 Å².